The average Bonchev–Trinajstić information content (AvgIpc) is 3.21. The molecule has 1 aliphatic rings. The maximum atomic E-state index is 13.6. The van der Waals surface area contributed by atoms with Crippen LogP contribution in [0.25, 0.3) is 11.1 Å². The van der Waals surface area contributed by atoms with Gasteiger partial charge < -0.3 is 15.2 Å². The molecule has 0 aromatic heterocycles. The number of carbonyl (C=O) groups excluding carboxylic acids is 2. The predicted molar refractivity (Wildman–Crippen MR) is 148 cm³/mol. The van der Waals surface area contributed by atoms with E-state index in [0.717, 1.165) is 22.3 Å². The molecule has 194 valence electrons. The largest absolute Gasteiger partial charge is 0.489 e. The van der Waals surface area contributed by atoms with Crippen molar-refractivity contribution in [2.75, 3.05) is 18.1 Å². The summed E-state index contributed by atoms with van der Waals surface area (Å²) in [6, 6.07) is 28.0. The number of aliphatic hydroxyl groups excluding tert-OH is 1. The topological polar surface area (TPSA) is 103 Å². The second-order valence-electron chi connectivity index (χ2n) is 9.26. The lowest BCUT2D eigenvalue weighted by Crippen LogP contribution is -2.30. The molecule has 0 saturated heterocycles. The van der Waals surface area contributed by atoms with Gasteiger partial charge in [0.15, 0.2) is 0 Å². The number of nitrogens with zero attached hydrogens (tertiary/aromatic N) is 2. The molecule has 0 unspecified atom stereocenters. The molecule has 5 rings (SSSR count). The van der Waals surface area contributed by atoms with E-state index in [1.807, 2.05) is 61.5 Å². The second kappa shape index (κ2) is 11.3. The normalized spacial score (nSPS) is 12.4. The number of nitriles is 1. The van der Waals surface area contributed by atoms with Gasteiger partial charge in [0, 0.05) is 18.7 Å². The highest BCUT2D eigenvalue weighted by molar-refractivity contribution is 6.35. The number of amides is 2. The van der Waals surface area contributed by atoms with Crippen LogP contribution in [0, 0.1) is 18.3 Å². The number of anilines is 1. The number of hydrogen-bond donors (Lipinski definition) is 2. The molecule has 0 spiro atoms. The van der Waals surface area contributed by atoms with Gasteiger partial charge in [-0.05, 0) is 59.5 Å². The van der Waals surface area contributed by atoms with Gasteiger partial charge in [0.05, 0.1) is 35.1 Å². The number of aliphatic hydroxyl groups is 1. The smallest absolute Gasteiger partial charge is 0.266 e. The van der Waals surface area contributed by atoms with Crippen molar-refractivity contribution in [3.63, 3.8) is 0 Å². The van der Waals surface area contributed by atoms with E-state index in [2.05, 4.69) is 11.4 Å². The van der Waals surface area contributed by atoms with Crippen LogP contribution in [0.1, 0.15) is 43.0 Å². The summed E-state index contributed by atoms with van der Waals surface area (Å²) in [6.07, 6.45) is 0. The number of nitrogens with one attached hydrogen (secondary N) is 1. The number of benzene rings is 4. The first kappa shape index (κ1) is 25.9. The van der Waals surface area contributed by atoms with Gasteiger partial charge >= 0.3 is 0 Å². The molecular formula is C32H27N3O4. The minimum atomic E-state index is -0.401. The number of carbonyl (C=O) groups is 2. The Morgan fingerprint density at radius 2 is 1.62 bits per heavy atom. The Morgan fingerprint density at radius 3 is 2.31 bits per heavy atom. The Bertz CT molecular complexity index is 1570. The van der Waals surface area contributed by atoms with E-state index in [1.165, 1.54) is 4.90 Å². The number of ether oxygens (including phenoxy) is 1. The molecule has 2 N–H and O–H groups in total. The third-order valence-corrected chi connectivity index (χ3v) is 6.78. The second-order valence-corrected chi connectivity index (χ2v) is 9.26. The van der Waals surface area contributed by atoms with Crippen LogP contribution >= 0.6 is 0 Å². The SMILES string of the molecule is Cc1c(-c2ccccc2)cccc1N1C(=O)c2cc(CNCCO)c(OCc3ccc(C#N)cc3)cc2C1=O. The van der Waals surface area contributed by atoms with E-state index in [0.29, 0.717) is 41.2 Å². The summed E-state index contributed by atoms with van der Waals surface area (Å²) in [5, 5.41) is 21.4. The molecule has 0 atom stereocenters. The van der Waals surface area contributed by atoms with Crippen molar-refractivity contribution in [1.82, 2.24) is 5.32 Å². The van der Waals surface area contributed by atoms with Crippen LogP contribution < -0.4 is 15.0 Å². The Hall–Kier alpha value is -4.77. The first-order valence-corrected chi connectivity index (χ1v) is 12.7. The Labute approximate surface area is 226 Å². The van der Waals surface area contributed by atoms with Crippen LogP contribution in [-0.4, -0.2) is 30.1 Å². The van der Waals surface area contributed by atoms with Crippen molar-refractivity contribution in [2.24, 2.45) is 0 Å². The van der Waals surface area contributed by atoms with E-state index in [-0.39, 0.29) is 24.7 Å². The van der Waals surface area contributed by atoms with Crippen molar-refractivity contribution in [1.29, 1.82) is 5.26 Å². The van der Waals surface area contributed by atoms with Gasteiger partial charge in [0.2, 0.25) is 0 Å². The molecule has 1 heterocycles. The van der Waals surface area contributed by atoms with Gasteiger partial charge in [-0.2, -0.15) is 5.26 Å². The standard InChI is InChI=1S/C32H27N3O4/c1-21-26(24-6-3-2-4-7-24)8-5-9-29(21)35-31(37)27-16-25(19-34-14-15-36)30(17-28(27)32(35)38)39-20-23-12-10-22(18-33)11-13-23/h2-13,16-17,34,36H,14-15,19-20H2,1H3. The van der Waals surface area contributed by atoms with E-state index >= 15 is 0 Å². The molecule has 0 fully saturated rings. The number of rotatable bonds is 9. The summed E-state index contributed by atoms with van der Waals surface area (Å²) < 4.78 is 6.11. The molecule has 4 aromatic rings. The molecule has 39 heavy (non-hydrogen) atoms. The van der Waals surface area contributed by atoms with Crippen LogP contribution in [0.5, 0.6) is 5.75 Å². The minimum absolute atomic E-state index is 0.0331. The van der Waals surface area contributed by atoms with E-state index in [4.69, 9.17) is 10.00 Å². The fourth-order valence-corrected chi connectivity index (χ4v) is 4.74. The van der Waals surface area contributed by atoms with Gasteiger partial charge in [-0.15, -0.1) is 0 Å². The molecule has 7 heteroatoms. The lowest BCUT2D eigenvalue weighted by Gasteiger charge is -2.19. The molecule has 7 nitrogen and oxygen atoms in total. The quantitative estimate of drug-likeness (QED) is 0.239. The minimum Gasteiger partial charge on any atom is -0.489 e. The number of fused-ring (bicyclic) bond motifs is 1. The van der Waals surface area contributed by atoms with E-state index in [1.54, 1.807) is 30.3 Å². The van der Waals surface area contributed by atoms with Crippen LogP contribution in [0.4, 0.5) is 5.69 Å². The zero-order valence-corrected chi connectivity index (χ0v) is 21.5. The molecule has 0 aliphatic carbocycles. The number of hydrogen-bond acceptors (Lipinski definition) is 6. The molecule has 0 radical (unpaired) electrons. The summed E-state index contributed by atoms with van der Waals surface area (Å²) in [7, 11) is 0. The molecule has 4 aromatic carbocycles. The van der Waals surface area contributed by atoms with E-state index < -0.39 is 5.91 Å². The molecular weight excluding hydrogens is 490 g/mol. The van der Waals surface area contributed by atoms with Crippen molar-refractivity contribution in [3.05, 3.63) is 118 Å². The highest BCUT2D eigenvalue weighted by atomic mass is 16.5. The highest BCUT2D eigenvalue weighted by Gasteiger charge is 2.38. The average molecular weight is 518 g/mol. The van der Waals surface area contributed by atoms with Crippen LogP contribution in [0.15, 0.2) is 84.9 Å². The van der Waals surface area contributed by atoms with Crippen LogP contribution in [0.2, 0.25) is 0 Å². The fraction of sp³-hybridized carbons (Fsp3) is 0.156. The Balaban J connectivity index is 1.49. The van der Waals surface area contributed by atoms with Gasteiger partial charge in [-0.1, -0.05) is 54.6 Å². The first-order chi connectivity index (χ1) is 19.0. The molecule has 0 saturated carbocycles. The van der Waals surface area contributed by atoms with E-state index in [9.17, 15) is 14.7 Å². The van der Waals surface area contributed by atoms with Crippen molar-refractivity contribution in [2.45, 2.75) is 20.1 Å². The summed E-state index contributed by atoms with van der Waals surface area (Å²) in [4.78, 5) is 28.5. The van der Waals surface area contributed by atoms with Crippen molar-refractivity contribution in [3.8, 4) is 22.9 Å². The summed E-state index contributed by atoms with van der Waals surface area (Å²) >= 11 is 0. The zero-order valence-electron chi connectivity index (χ0n) is 21.5. The Morgan fingerprint density at radius 1 is 0.897 bits per heavy atom. The molecule has 0 bridgehead atoms. The lowest BCUT2D eigenvalue weighted by molar-refractivity contribution is 0.0925. The summed E-state index contributed by atoms with van der Waals surface area (Å²) in [6.45, 7) is 2.82. The van der Waals surface area contributed by atoms with Crippen molar-refractivity contribution < 1.29 is 19.4 Å². The monoisotopic (exact) mass is 517 g/mol. The Kier molecular flexibility index (Phi) is 7.50. The van der Waals surface area contributed by atoms with Crippen molar-refractivity contribution >= 4 is 17.5 Å². The van der Waals surface area contributed by atoms with Crippen LogP contribution in [0.3, 0.4) is 0 Å². The first-order valence-electron chi connectivity index (χ1n) is 12.7. The van der Waals surface area contributed by atoms with Gasteiger partial charge in [0.25, 0.3) is 11.8 Å². The fourth-order valence-electron chi connectivity index (χ4n) is 4.74. The molecule has 1 aliphatic heterocycles. The lowest BCUT2D eigenvalue weighted by atomic mass is 9.99. The maximum Gasteiger partial charge on any atom is 0.266 e. The number of imide groups is 1. The summed E-state index contributed by atoms with van der Waals surface area (Å²) in [5.41, 5.74) is 6.05. The van der Waals surface area contributed by atoms with Crippen LogP contribution in [-0.2, 0) is 13.2 Å². The predicted octanol–water partition coefficient (Wildman–Crippen LogP) is 5.00. The third-order valence-electron chi connectivity index (χ3n) is 6.78. The van der Waals surface area contributed by atoms with Gasteiger partial charge in [-0.25, -0.2) is 4.90 Å². The molecule has 2 amide bonds. The third kappa shape index (κ3) is 5.16. The summed E-state index contributed by atoms with van der Waals surface area (Å²) in [5.74, 6) is -0.312. The highest BCUT2D eigenvalue weighted by Crippen LogP contribution is 2.37. The zero-order chi connectivity index (χ0) is 27.4. The van der Waals surface area contributed by atoms with Gasteiger partial charge in [-0.3, -0.25) is 9.59 Å². The maximum absolute atomic E-state index is 13.6. The van der Waals surface area contributed by atoms with Gasteiger partial charge in [0.1, 0.15) is 12.4 Å².